The monoisotopic (exact) mass is 365 g/mol. The van der Waals surface area contributed by atoms with Gasteiger partial charge in [-0.2, -0.15) is 0 Å². The normalized spacial score (nSPS) is 20.2. The maximum absolute atomic E-state index is 11.9. The molecule has 0 aromatic carbocycles. The van der Waals surface area contributed by atoms with E-state index in [1.54, 1.807) is 6.92 Å². The molecule has 1 saturated heterocycles. The number of carbonyl (C=O) groups is 1. The number of allylic oxidation sites excluding steroid dienone is 2. The van der Waals surface area contributed by atoms with Gasteiger partial charge in [0.05, 0.1) is 0 Å². The van der Waals surface area contributed by atoms with E-state index in [1.807, 2.05) is 11.1 Å². The summed E-state index contributed by atoms with van der Waals surface area (Å²) in [5, 5.41) is 4.16. The van der Waals surface area contributed by atoms with Gasteiger partial charge >= 0.3 is 0 Å². The molecule has 0 bridgehead atoms. The molecule has 25 heavy (non-hydrogen) atoms. The van der Waals surface area contributed by atoms with Gasteiger partial charge < -0.3 is 10.2 Å². The minimum absolute atomic E-state index is 0.318. The minimum Gasteiger partial charge on any atom is -0.385 e. The highest BCUT2D eigenvalue weighted by Gasteiger charge is 2.28. The van der Waals surface area contributed by atoms with Crippen LogP contribution >= 0.6 is 11.6 Å². The molecule has 1 N–H and O–H groups in total. The van der Waals surface area contributed by atoms with Crippen LogP contribution in [-0.2, 0) is 4.79 Å². The average Bonchev–Trinajstić information content (AvgIpc) is 3.42. The third kappa shape index (κ3) is 7.23. The predicted octanol–water partition coefficient (Wildman–Crippen LogP) is 4.61. The van der Waals surface area contributed by atoms with Crippen molar-refractivity contribution < 1.29 is 4.79 Å². The Morgan fingerprint density at radius 2 is 2.20 bits per heavy atom. The fraction of sp³-hybridized carbons (Fsp3) is 0.700. The SMILES string of the molecule is CCC/C=C(NCCCN1CCCCC1=O)/C(=C\N=C(C)Cl)C1CC1. The van der Waals surface area contributed by atoms with E-state index in [4.69, 9.17) is 11.6 Å². The zero-order valence-corrected chi connectivity index (χ0v) is 16.4. The Kier molecular flexibility index (Phi) is 8.53. The first kappa shape index (κ1) is 20.0. The van der Waals surface area contributed by atoms with Crippen molar-refractivity contribution in [1.82, 2.24) is 10.2 Å². The molecule has 0 aromatic rings. The van der Waals surface area contributed by atoms with E-state index in [2.05, 4.69) is 23.3 Å². The average molecular weight is 366 g/mol. The lowest BCUT2D eigenvalue weighted by Gasteiger charge is -2.27. The van der Waals surface area contributed by atoms with Crippen molar-refractivity contribution in [3.8, 4) is 0 Å². The zero-order valence-electron chi connectivity index (χ0n) is 15.7. The van der Waals surface area contributed by atoms with Gasteiger partial charge in [-0.25, -0.2) is 4.99 Å². The number of nitrogens with zero attached hydrogens (tertiary/aromatic N) is 2. The van der Waals surface area contributed by atoms with Crippen LogP contribution in [0.15, 0.2) is 28.5 Å². The standard InChI is InChI=1S/C20H32ClN3O/c1-3-4-8-19(18(17-10-11-17)15-23-16(2)21)22-12-7-14-24-13-6-5-9-20(24)25/h8,15,17,22H,3-7,9-14H2,1-2H3/b18-15-,19-8-,23-16?. The van der Waals surface area contributed by atoms with Crippen molar-refractivity contribution in [3.63, 3.8) is 0 Å². The predicted molar refractivity (Wildman–Crippen MR) is 106 cm³/mol. The second-order valence-corrected chi connectivity index (χ2v) is 7.56. The third-order valence-electron chi connectivity index (χ3n) is 4.69. The first-order chi connectivity index (χ1) is 12.1. The van der Waals surface area contributed by atoms with Crippen molar-refractivity contribution in [2.24, 2.45) is 10.9 Å². The summed E-state index contributed by atoms with van der Waals surface area (Å²) in [5.74, 6) is 0.928. The minimum atomic E-state index is 0.318. The van der Waals surface area contributed by atoms with Gasteiger partial charge in [-0.3, -0.25) is 4.79 Å². The molecule has 0 aromatic heterocycles. The molecule has 2 rings (SSSR count). The Balaban J connectivity index is 1.89. The Morgan fingerprint density at radius 1 is 1.40 bits per heavy atom. The van der Waals surface area contributed by atoms with Crippen molar-refractivity contribution in [2.75, 3.05) is 19.6 Å². The molecular formula is C20H32ClN3O. The molecule has 140 valence electrons. The second-order valence-electron chi connectivity index (χ2n) is 7.01. The number of likely N-dealkylation sites (tertiary alicyclic amines) is 1. The molecule has 1 amide bonds. The molecule has 1 heterocycles. The van der Waals surface area contributed by atoms with E-state index in [-0.39, 0.29) is 0 Å². The van der Waals surface area contributed by atoms with Crippen LogP contribution in [0.3, 0.4) is 0 Å². The molecule has 0 atom stereocenters. The van der Waals surface area contributed by atoms with Crippen molar-refractivity contribution in [3.05, 3.63) is 23.5 Å². The molecule has 2 fully saturated rings. The highest BCUT2D eigenvalue weighted by Crippen LogP contribution is 2.39. The summed E-state index contributed by atoms with van der Waals surface area (Å²) in [4.78, 5) is 18.2. The summed E-state index contributed by atoms with van der Waals surface area (Å²) in [5.41, 5.74) is 2.48. The van der Waals surface area contributed by atoms with Gasteiger partial charge in [-0.1, -0.05) is 31.0 Å². The third-order valence-corrected chi connectivity index (χ3v) is 4.79. The highest BCUT2D eigenvalue weighted by atomic mass is 35.5. The topological polar surface area (TPSA) is 44.7 Å². The molecule has 0 spiro atoms. The Labute approximate surface area is 157 Å². The fourth-order valence-corrected chi connectivity index (χ4v) is 3.17. The molecule has 1 aliphatic carbocycles. The van der Waals surface area contributed by atoms with Crippen LogP contribution in [0, 0.1) is 5.92 Å². The van der Waals surface area contributed by atoms with Crippen LogP contribution in [-0.4, -0.2) is 35.6 Å². The van der Waals surface area contributed by atoms with Gasteiger partial charge in [0.1, 0.15) is 5.17 Å². The van der Waals surface area contributed by atoms with E-state index in [9.17, 15) is 4.79 Å². The van der Waals surface area contributed by atoms with Crippen LogP contribution in [0.4, 0.5) is 0 Å². The van der Waals surface area contributed by atoms with Crippen molar-refractivity contribution >= 4 is 22.7 Å². The molecule has 4 nitrogen and oxygen atoms in total. The van der Waals surface area contributed by atoms with Crippen LogP contribution in [0.25, 0.3) is 0 Å². The summed E-state index contributed by atoms with van der Waals surface area (Å²) in [7, 11) is 0. The van der Waals surface area contributed by atoms with Gasteiger partial charge in [0.25, 0.3) is 0 Å². The zero-order chi connectivity index (χ0) is 18.1. The number of carbonyl (C=O) groups excluding carboxylic acids is 1. The lowest BCUT2D eigenvalue weighted by Crippen LogP contribution is -2.37. The summed E-state index contributed by atoms with van der Waals surface area (Å²) >= 11 is 5.91. The number of hydrogen-bond donors (Lipinski definition) is 1. The van der Waals surface area contributed by atoms with Crippen molar-refractivity contribution in [2.45, 2.75) is 65.2 Å². The van der Waals surface area contributed by atoms with Gasteiger partial charge in [0.2, 0.25) is 5.91 Å². The summed E-state index contributed by atoms with van der Waals surface area (Å²) < 4.78 is 0. The molecule has 0 radical (unpaired) electrons. The van der Waals surface area contributed by atoms with Crippen LogP contribution in [0.1, 0.15) is 65.2 Å². The largest absolute Gasteiger partial charge is 0.385 e. The summed E-state index contributed by atoms with van der Waals surface area (Å²) in [6.45, 7) is 6.66. The van der Waals surface area contributed by atoms with Gasteiger partial charge in [-0.05, 0) is 56.9 Å². The quantitative estimate of drug-likeness (QED) is 0.349. The highest BCUT2D eigenvalue weighted by molar-refractivity contribution is 6.64. The molecule has 5 heteroatoms. The maximum atomic E-state index is 11.9. The van der Waals surface area contributed by atoms with Crippen LogP contribution < -0.4 is 5.32 Å². The molecule has 1 aliphatic heterocycles. The van der Waals surface area contributed by atoms with Crippen molar-refractivity contribution in [1.29, 1.82) is 0 Å². The van der Waals surface area contributed by atoms with Gasteiger partial charge in [0, 0.05) is 38.0 Å². The molecular weight excluding hydrogens is 334 g/mol. The molecule has 2 aliphatic rings. The lowest BCUT2D eigenvalue weighted by atomic mass is 10.1. The fourth-order valence-electron chi connectivity index (χ4n) is 3.12. The molecule has 1 saturated carbocycles. The van der Waals surface area contributed by atoms with Crippen LogP contribution in [0.5, 0.6) is 0 Å². The maximum Gasteiger partial charge on any atom is 0.222 e. The van der Waals surface area contributed by atoms with E-state index in [0.717, 1.165) is 58.2 Å². The Morgan fingerprint density at radius 3 is 2.84 bits per heavy atom. The van der Waals surface area contributed by atoms with Gasteiger partial charge in [-0.15, -0.1) is 0 Å². The number of amides is 1. The number of aliphatic imine (C=N–C) groups is 1. The number of unbranched alkanes of at least 4 members (excludes halogenated alkanes) is 1. The van der Waals surface area contributed by atoms with E-state index >= 15 is 0 Å². The Bertz CT molecular complexity index is 531. The van der Waals surface area contributed by atoms with Gasteiger partial charge in [0.15, 0.2) is 0 Å². The van der Waals surface area contributed by atoms with E-state index in [0.29, 0.717) is 17.0 Å². The molecule has 0 unspecified atom stereocenters. The smallest absolute Gasteiger partial charge is 0.222 e. The second kappa shape index (κ2) is 10.6. The summed E-state index contributed by atoms with van der Waals surface area (Å²) in [6, 6.07) is 0. The number of piperidine rings is 1. The lowest BCUT2D eigenvalue weighted by molar-refractivity contribution is -0.133. The van der Waals surface area contributed by atoms with Crippen LogP contribution in [0.2, 0.25) is 0 Å². The summed E-state index contributed by atoms with van der Waals surface area (Å²) in [6.07, 6.45) is 12.8. The van der Waals surface area contributed by atoms with E-state index < -0.39 is 0 Å². The Hall–Kier alpha value is -1.29. The van der Waals surface area contributed by atoms with E-state index in [1.165, 1.54) is 24.1 Å². The number of halogens is 1. The number of hydrogen-bond acceptors (Lipinski definition) is 3. The number of rotatable bonds is 10. The first-order valence-electron chi connectivity index (χ1n) is 9.74. The number of nitrogens with one attached hydrogen (secondary N) is 1. The first-order valence-corrected chi connectivity index (χ1v) is 10.1.